The first-order valence-corrected chi connectivity index (χ1v) is 14.7. The number of amides is 4. The van der Waals surface area contributed by atoms with Crippen LogP contribution < -0.4 is 16.4 Å². The van der Waals surface area contributed by atoms with Gasteiger partial charge in [0.25, 0.3) is 0 Å². The van der Waals surface area contributed by atoms with Crippen LogP contribution in [0.2, 0.25) is 0 Å². The van der Waals surface area contributed by atoms with Crippen molar-refractivity contribution >= 4 is 29.8 Å². The second-order valence-electron chi connectivity index (χ2n) is 12.7. The van der Waals surface area contributed by atoms with Crippen LogP contribution in [-0.2, 0) is 35.1 Å². The molecule has 0 aliphatic heterocycles. The Bertz CT molecular complexity index is 1330. The van der Waals surface area contributed by atoms with Crippen molar-refractivity contribution < 1.29 is 38.6 Å². The fourth-order valence-corrected chi connectivity index (χ4v) is 4.51. The molecule has 0 aromatic heterocycles. The Morgan fingerprint density at radius 2 is 1.49 bits per heavy atom. The monoisotopic (exact) mass is 626 g/mol. The standard InChI is InChI=1S/C33H46N4O8/c1-21-12-11-15-23(18-21)27(28(40)35-25(30(42)44-32(2,3)4)19-22-13-9-8-10-14-22)37(16-17-38)29(41)24(20-26(34)39)36-31(43)45-33(5,6)7/h8-15,18,24-25,27,38H,16-17,19-20H2,1-7H3,(H2,34,39)(H,35,40)(H,36,43). The van der Waals surface area contributed by atoms with Crippen LogP contribution in [-0.4, -0.2) is 76.2 Å². The van der Waals surface area contributed by atoms with E-state index in [2.05, 4.69) is 10.6 Å². The second kappa shape index (κ2) is 16.0. The van der Waals surface area contributed by atoms with Gasteiger partial charge in [0.15, 0.2) is 0 Å². The molecule has 0 heterocycles. The van der Waals surface area contributed by atoms with Gasteiger partial charge in [0.1, 0.15) is 29.3 Å². The summed E-state index contributed by atoms with van der Waals surface area (Å²) in [5, 5.41) is 15.1. The number of aliphatic hydroxyl groups is 1. The number of aliphatic hydroxyl groups excluding tert-OH is 1. The summed E-state index contributed by atoms with van der Waals surface area (Å²) in [6.45, 7) is 10.9. The first kappa shape index (κ1) is 36.7. The van der Waals surface area contributed by atoms with E-state index >= 15 is 0 Å². The Hall–Kier alpha value is -4.45. The molecule has 0 radical (unpaired) electrons. The molecule has 12 nitrogen and oxygen atoms in total. The summed E-state index contributed by atoms with van der Waals surface area (Å²) in [6.07, 6.45) is -1.48. The molecule has 0 saturated carbocycles. The number of aryl methyl sites for hydroxylation is 1. The Kier molecular flexibility index (Phi) is 13.1. The minimum atomic E-state index is -1.52. The molecule has 246 valence electrons. The molecule has 5 N–H and O–H groups in total. The van der Waals surface area contributed by atoms with E-state index in [4.69, 9.17) is 15.2 Å². The summed E-state index contributed by atoms with van der Waals surface area (Å²) in [6, 6.07) is 11.8. The van der Waals surface area contributed by atoms with Crippen molar-refractivity contribution in [2.45, 2.75) is 90.6 Å². The first-order chi connectivity index (χ1) is 20.9. The lowest BCUT2D eigenvalue weighted by molar-refractivity contribution is -0.159. The summed E-state index contributed by atoms with van der Waals surface area (Å²) < 4.78 is 10.9. The van der Waals surface area contributed by atoms with E-state index in [1.165, 1.54) is 0 Å². The van der Waals surface area contributed by atoms with Crippen molar-refractivity contribution in [1.29, 1.82) is 0 Å². The molecule has 0 saturated heterocycles. The molecule has 0 aliphatic carbocycles. The number of esters is 1. The van der Waals surface area contributed by atoms with Gasteiger partial charge in [-0.25, -0.2) is 9.59 Å². The third-order valence-corrected chi connectivity index (χ3v) is 6.23. The molecule has 2 aromatic carbocycles. The number of benzene rings is 2. The number of hydrogen-bond donors (Lipinski definition) is 4. The molecule has 0 aliphatic rings. The van der Waals surface area contributed by atoms with Crippen molar-refractivity contribution in [3.63, 3.8) is 0 Å². The van der Waals surface area contributed by atoms with Gasteiger partial charge in [-0.15, -0.1) is 0 Å². The lowest BCUT2D eigenvalue weighted by Gasteiger charge is -2.35. The normalized spacial score (nSPS) is 13.5. The van der Waals surface area contributed by atoms with Gasteiger partial charge in [-0.05, 0) is 59.6 Å². The molecule has 2 rings (SSSR count). The molecule has 0 spiro atoms. The molecule has 0 bridgehead atoms. The lowest BCUT2D eigenvalue weighted by atomic mass is 9.99. The number of carbonyl (C=O) groups is 5. The van der Waals surface area contributed by atoms with Gasteiger partial charge in [0, 0.05) is 13.0 Å². The Labute approximate surface area is 264 Å². The summed E-state index contributed by atoms with van der Waals surface area (Å²) in [5.74, 6) is -3.18. The zero-order valence-electron chi connectivity index (χ0n) is 27.1. The SMILES string of the molecule is Cc1cccc(C(C(=O)NC(Cc2ccccc2)C(=O)OC(C)(C)C)N(CCO)C(=O)C(CC(N)=O)NC(=O)OC(C)(C)C)c1. The van der Waals surface area contributed by atoms with Gasteiger partial charge < -0.3 is 35.8 Å². The lowest BCUT2D eigenvalue weighted by Crippen LogP contribution is -2.56. The van der Waals surface area contributed by atoms with Crippen LogP contribution in [0, 0.1) is 6.92 Å². The maximum absolute atomic E-state index is 14.2. The molecule has 3 atom stereocenters. The average molecular weight is 627 g/mol. The van der Waals surface area contributed by atoms with Crippen molar-refractivity contribution in [2.75, 3.05) is 13.2 Å². The largest absolute Gasteiger partial charge is 0.458 e. The van der Waals surface area contributed by atoms with E-state index in [9.17, 15) is 29.1 Å². The van der Waals surface area contributed by atoms with Crippen LogP contribution in [0.3, 0.4) is 0 Å². The number of nitrogens with zero attached hydrogens (tertiary/aromatic N) is 1. The van der Waals surface area contributed by atoms with Crippen LogP contribution in [0.1, 0.15) is 70.7 Å². The number of nitrogens with two attached hydrogens (primary N) is 1. The van der Waals surface area contributed by atoms with Gasteiger partial charge in [0.05, 0.1) is 13.0 Å². The third-order valence-electron chi connectivity index (χ3n) is 6.23. The van der Waals surface area contributed by atoms with Crippen molar-refractivity contribution in [3.05, 3.63) is 71.3 Å². The molecule has 12 heteroatoms. The van der Waals surface area contributed by atoms with Gasteiger partial charge in [-0.2, -0.15) is 0 Å². The summed E-state index contributed by atoms with van der Waals surface area (Å²) in [7, 11) is 0. The highest BCUT2D eigenvalue weighted by Gasteiger charge is 2.38. The molecule has 4 amide bonds. The molecule has 45 heavy (non-hydrogen) atoms. The van der Waals surface area contributed by atoms with E-state index in [0.717, 1.165) is 16.0 Å². The van der Waals surface area contributed by atoms with E-state index in [-0.39, 0.29) is 13.0 Å². The van der Waals surface area contributed by atoms with E-state index in [1.54, 1.807) is 97.0 Å². The van der Waals surface area contributed by atoms with Crippen LogP contribution in [0.5, 0.6) is 0 Å². The Morgan fingerprint density at radius 1 is 0.867 bits per heavy atom. The second-order valence-corrected chi connectivity index (χ2v) is 12.7. The van der Waals surface area contributed by atoms with Crippen LogP contribution in [0.4, 0.5) is 4.79 Å². The van der Waals surface area contributed by atoms with Gasteiger partial charge in [0.2, 0.25) is 17.7 Å². The topological polar surface area (TPSA) is 177 Å². The van der Waals surface area contributed by atoms with Crippen molar-refractivity contribution in [2.24, 2.45) is 5.73 Å². The van der Waals surface area contributed by atoms with E-state index < -0.39 is 72.1 Å². The summed E-state index contributed by atoms with van der Waals surface area (Å²) >= 11 is 0. The molecular weight excluding hydrogens is 580 g/mol. The summed E-state index contributed by atoms with van der Waals surface area (Å²) in [5.41, 5.74) is 5.56. The predicted molar refractivity (Wildman–Crippen MR) is 168 cm³/mol. The fourth-order valence-electron chi connectivity index (χ4n) is 4.51. The Morgan fingerprint density at radius 3 is 2.02 bits per heavy atom. The maximum Gasteiger partial charge on any atom is 0.408 e. The van der Waals surface area contributed by atoms with Crippen LogP contribution >= 0.6 is 0 Å². The predicted octanol–water partition coefficient (Wildman–Crippen LogP) is 2.69. The number of nitrogens with one attached hydrogen (secondary N) is 2. The van der Waals surface area contributed by atoms with Gasteiger partial charge in [-0.1, -0.05) is 60.2 Å². The number of ether oxygens (including phenoxy) is 2. The number of carbonyl (C=O) groups excluding carboxylic acids is 5. The zero-order chi connectivity index (χ0) is 33.9. The van der Waals surface area contributed by atoms with Gasteiger partial charge >= 0.3 is 12.1 Å². The average Bonchev–Trinajstić information content (AvgIpc) is 2.90. The molecule has 2 aromatic rings. The highest BCUT2D eigenvalue weighted by Crippen LogP contribution is 2.25. The molecular formula is C33H46N4O8. The van der Waals surface area contributed by atoms with Crippen LogP contribution in [0.25, 0.3) is 0 Å². The van der Waals surface area contributed by atoms with Crippen molar-refractivity contribution in [3.8, 4) is 0 Å². The number of primary amides is 1. The van der Waals surface area contributed by atoms with E-state index in [1.807, 2.05) is 6.07 Å². The molecule has 3 unspecified atom stereocenters. The highest BCUT2D eigenvalue weighted by atomic mass is 16.6. The number of alkyl carbamates (subject to hydrolysis) is 1. The first-order valence-electron chi connectivity index (χ1n) is 14.7. The quantitative estimate of drug-likeness (QED) is 0.245. The molecule has 0 fully saturated rings. The fraction of sp³-hybridized carbons (Fsp3) is 0.485. The van der Waals surface area contributed by atoms with Crippen LogP contribution in [0.15, 0.2) is 54.6 Å². The third kappa shape index (κ3) is 12.6. The minimum absolute atomic E-state index is 0.0977. The van der Waals surface area contributed by atoms with Gasteiger partial charge in [-0.3, -0.25) is 14.4 Å². The van der Waals surface area contributed by atoms with Crippen molar-refractivity contribution in [1.82, 2.24) is 15.5 Å². The smallest absolute Gasteiger partial charge is 0.408 e. The minimum Gasteiger partial charge on any atom is -0.458 e. The number of rotatable bonds is 13. The number of hydrogen-bond acceptors (Lipinski definition) is 8. The summed E-state index contributed by atoms with van der Waals surface area (Å²) in [4.78, 5) is 67.2. The Balaban J connectivity index is 2.58. The highest BCUT2D eigenvalue weighted by molar-refractivity contribution is 5.95. The maximum atomic E-state index is 14.2. The van der Waals surface area contributed by atoms with E-state index in [0.29, 0.717) is 5.56 Å². The zero-order valence-corrected chi connectivity index (χ0v) is 27.1.